The molecule has 0 radical (unpaired) electrons. The zero-order chi connectivity index (χ0) is 15.1. The van der Waals surface area contributed by atoms with Gasteiger partial charge < -0.3 is 4.90 Å². The Bertz CT molecular complexity index is 568. The van der Waals surface area contributed by atoms with Crippen LogP contribution in [-0.2, 0) is 11.2 Å². The lowest BCUT2D eigenvalue weighted by Gasteiger charge is -2.20. The number of hydrogen-bond donors (Lipinski definition) is 0. The first-order valence-corrected chi connectivity index (χ1v) is 8.26. The van der Waals surface area contributed by atoms with Crippen molar-refractivity contribution in [2.75, 3.05) is 13.1 Å². The zero-order valence-corrected chi connectivity index (χ0v) is 13.4. The minimum atomic E-state index is 0.156. The summed E-state index contributed by atoms with van der Waals surface area (Å²) in [5.41, 5.74) is 1.69. The lowest BCUT2D eigenvalue weighted by Crippen LogP contribution is -2.33. The molecule has 0 saturated heterocycles. The number of thiazole rings is 1. The summed E-state index contributed by atoms with van der Waals surface area (Å²) in [5, 5.41) is 2.82. The lowest BCUT2D eigenvalue weighted by atomic mass is 10.2. The zero-order valence-electron chi connectivity index (χ0n) is 12.6. The Labute approximate surface area is 129 Å². The van der Waals surface area contributed by atoms with Gasteiger partial charge in [0.1, 0.15) is 5.01 Å². The Morgan fingerprint density at radius 1 is 1.33 bits per heavy atom. The summed E-state index contributed by atoms with van der Waals surface area (Å²) >= 11 is 1.54. The molecular formula is C16H21N3OS. The van der Waals surface area contributed by atoms with Crippen LogP contribution in [0, 0.1) is 0 Å². The molecule has 5 heteroatoms. The number of carbonyl (C=O) groups excluding carboxylic acids is 1. The lowest BCUT2D eigenvalue weighted by molar-refractivity contribution is -0.130. The van der Waals surface area contributed by atoms with Crippen LogP contribution in [0.5, 0.6) is 0 Å². The van der Waals surface area contributed by atoms with Crippen LogP contribution < -0.4 is 0 Å². The van der Waals surface area contributed by atoms with Crippen molar-refractivity contribution in [3.8, 4) is 10.7 Å². The number of likely N-dealkylation sites (N-methyl/N-ethyl adjacent to an activating group) is 1. The molecule has 0 saturated carbocycles. The molecule has 21 heavy (non-hydrogen) atoms. The fourth-order valence-electron chi connectivity index (χ4n) is 2.07. The number of aromatic nitrogens is 2. The summed E-state index contributed by atoms with van der Waals surface area (Å²) in [6, 6.07) is 5.76. The van der Waals surface area contributed by atoms with Gasteiger partial charge in [-0.2, -0.15) is 0 Å². The van der Waals surface area contributed by atoms with Crippen molar-refractivity contribution in [1.82, 2.24) is 14.9 Å². The van der Waals surface area contributed by atoms with Gasteiger partial charge in [0.25, 0.3) is 0 Å². The highest BCUT2D eigenvalue weighted by Crippen LogP contribution is 2.21. The highest BCUT2D eigenvalue weighted by atomic mass is 32.1. The molecule has 2 aromatic heterocycles. The molecule has 0 aromatic carbocycles. The molecule has 0 N–H and O–H groups in total. The van der Waals surface area contributed by atoms with Gasteiger partial charge in [0.2, 0.25) is 5.91 Å². The van der Waals surface area contributed by atoms with Crippen LogP contribution in [0.2, 0.25) is 0 Å². The first-order chi connectivity index (χ1) is 10.2. The number of rotatable bonds is 7. The van der Waals surface area contributed by atoms with Crippen molar-refractivity contribution in [1.29, 1.82) is 0 Å². The third kappa shape index (κ3) is 4.36. The fraction of sp³-hybridized carbons (Fsp3) is 0.438. The highest BCUT2D eigenvalue weighted by molar-refractivity contribution is 7.13. The summed E-state index contributed by atoms with van der Waals surface area (Å²) < 4.78 is 0. The molecule has 112 valence electrons. The molecule has 0 spiro atoms. The summed E-state index contributed by atoms with van der Waals surface area (Å²) in [6.45, 7) is 5.75. The molecule has 2 aromatic rings. The van der Waals surface area contributed by atoms with Gasteiger partial charge in [0.05, 0.1) is 17.8 Å². The van der Waals surface area contributed by atoms with Gasteiger partial charge in [-0.05, 0) is 25.5 Å². The molecule has 4 nitrogen and oxygen atoms in total. The molecule has 0 bridgehead atoms. The van der Waals surface area contributed by atoms with E-state index in [1.807, 2.05) is 35.4 Å². The van der Waals surface area contributed by atoms with E-state index in [0.717, 1.165) is 42.3 Å². The van der Waals surface area contributed by atoms with Gasteiger partial charge in [-0.1, -0.05) is 19.4 Å². The van der Waals surface area contributed by atoms with E-state index in [-0.39, 0.29) is 5.91 Å². The quantitative estimate of drug-likeness (QED) is 0.787. The van der Waals surface area contributed by atoms with Crippen LogP contribution in [0.15, 0.2) is 29.8 Å². The summed E-state index contributed by atoms with van der Waals surface area (Å²) in [4.78, 5) is 23.0. The molecule has 0 aliphatic heterocycles. The number of hydrogen-bond acceptors (Lipinski definition) is 4. The minimum absolute atomic E-state index is 0.156. The van der Waals surface area contributed by atoms with E-state index in [1.54, 1.807) is 6.20 Å². The van der Waals surface area contributed by atoms with Gasteiger partial charge in [-0.15, -0.1) is 11.3 Å². The Morgan fingerprint density at radius 3 is 2.86 bits per heavy atom. The molecule has 1 amide bonds. The van der Waals surface area contributed by atoms with Crippen LogP contribution in [0.25, 0.3) is 10.7 Å². The normalized spacial score (nSPS) is 10.6. The maximum Gasteiger partial charge on any atom is 0.228 e. The molecule has 2 heterocycles. The minimum Gasteiger partial charge on any atom is -0.343 e. The van der Waals surface area contributed by atoms with Crippen LogP contribution in [-0.4, -0.2) is 33.9 Å². The van der Waals surface area contributed by atoms with Crippen molar-refractivity contribution in [2.45, 2.75) is 33.1 Å². The summed E-state index contributed by atoms with van der Waals surface area (Å²) in [6.07, 6.45) is 4.28. The van der Waals surface area contributed by atoms with E-state index >= 15 is 0 Å². The van der Waals surface area contributed by atoms with Gasteiger partial charge in [-0.3, -0.25) is 9.78 Å². The number of unbranched alkanes of at least 4 members (excludes halogenated alkanes) is 1. The average molecular weight is 303 g/mol. The monoisotopic (exact) mass is 303 g/mol. The van der Waals surface area contributed by atoms with Gasteiger partial charge in [-0.25, -0.2) is 4.98 Å². The summed E-state index contributed by atoms with van der Waals surface area (Å²) in [7, 11) is 0. The Hall–Kier alpha value is -1.75. The predicted octanol–water partition coefficient (Wildman–Crippen LogP) is 3.40. The Morgan fingerprint density at radius 2 is 2.19 bits per heavy atom. The maximum atomic E-state index is 12.3. The molecule has 0 aliphatic carbocycles. The van der Waals surface area contributed by atoms with Crippen molar-refractivity contribution in [3.05, 3.63) is 35.5 Å². The van der Waals surface area contributed by atoms with Gasteiger partial charge >= 0.3 is 0 Å². The third-order valence-corrected chi connectivity index (χ3v) is 4.20. The van der Waals surface area contributed by atoms with Crippen LogP contribution in [0.4, 0.5) is 0 Å². The number of amides is 1. The third-order valence-electron chi connectivity index (χ3n) is 3.28. The molecule has 2 rings (SSSR count). The topological polar surface area (TPSA) is 46.1 Å². The molecular weight excluding hydrogens is 282 g/mol. The van der Waals surface area contributed by atoms with E-state index in [1.165, 1.54) is 11.3 Å². The van der Waals surface area contributed by atoms with E-state index in [9.17, 15) is 4.79 Å². The van der Waals surface area contributed by atoms with Crippen LogP contribution in [0.3, 0.4) is 0 Å². The van der Waals surface area contributed by atoms with Crippen molar-refractivity contribution in [2.24, 2.45) is 0 Å². The van der Waals surface area contributed by atoms with Gasteiger partial charge in [0.15, 0.2) is 0 Å². The fourth-order valence-corrected chi connectivity index (χ4v) is 2.87. The standard InChI is InChI=1S/C16H21N3OS/c1-3-5-10-19(4-2)15(20)11-13-12-21-16(18-13)14-8-6-7-9-17-14/h6-9,12H,3-5,10-11H2,1-2H3. The second kappa shape index (κ2) is 7.88. The Kier molecular flexibility index (Phi) is 5.87. The van der Waals surface area contributed by atoms with E-state index in [4.69, 9.17) is 0 Å². The van der Waals surface area contributed by atoms with E-state index in [0.29, 0.717) is 6.42 Å². The second-order valence-corrected chi connectivity index (χ2v) is 5.72. The van der Waals surface area contributed by atoms with Crippen LogP contribution >= 0.6 is 11.3 Å². The predicted molar refractivity (Wildman–Crippen MR) is 86.2 cm³/mol. The Balaban J connectivity index is 2.00. The molecule has 0 fully saturated rings. The number of pyridine rings is 1. The van der Waals surface area contributed by atoms with E-state index in [2.05, 4.69) is 16.9 Å². The average Bonchev–Trinajstić information content (AvgIpc) is 2.97. The molecule has 0 unspecified atom stereocenters. The first kappa shape index (κ1) is 15.6. The maximum absolute atomic E-state index is 12.3. The second-order valence-electron chi connectivity index (χ2n) is 4.86. The smallest absolute Gasteiger partial charge is 0.228 e. The highest BCUT2D eigenvalue weighted by Gasteiger charge is 2.14. The molecule has 0 atom stereocenters. The first-order valence-electron chi connectivity index (χ1n) is 7.38. The summed E-state index contributed by atoms with van der Waals surface area (Å²) in [5.74, 6) is 0.156. The number of carbonyl (C=O) groups is 1. The SMILES string of the molecule is CCCCN(CC)C(=O)Cc1csc(-c2ccccn2)n1. The van der Waals surface area contributed by atoms with Crippen molar-refractivity contribution >= 4 is 17.2 Å². The number of nitrogens with zero attached hydrogens (tertiary/aromatic N) is 3. The largest absolute Gasteiger partial charge is 0.343 e. The van der Waals surface area contributed by atoms with Gasteiger partial charge in [0, 0.05) is 24.7 Å². The molecule has 0 aliphatic rings. The van der Waals surface area contributed by atoms with E-state index < -0.39 is 0 Å². The van der Waals surface area contributed by atoms with Crippen LogP contribution in [0.1, 0.15) is 32.4 Å². The van der Waals surface area contributed by atoms with Crippen molar-refractivity contribution < 1.29 is 4.79 Å². The van der Waals surface area contributed by atoms with Crippen molar-refractivity contribution in [3.63, 3.8) is 0 Å².